The van der Waals surface area contributed by atoms with Gasteiger partial charge in [-0.25, -0.2) is 9.48 Å². The second-order valence-corrected chi connectivity index (χ2v) is 6.71. The average molecular weight is 410 g/mol. The lowest BCUT2D eigenvalue weighted by atomic mass is 10.2. The van der Waals surface area contributed by atoms with Crippen LogP contribution >= 0.6 is 0 Å². The van der Waals surface area contributed by atoms with Crippen LogP contribution in [0.5, 0.6) is 0 Å². The average Bonchev–Trinajstić information content (AvgIpc) is 3.44. The Morgan fingerprint density at radius 3 is 2.47 bits per heavy atom. The van der Waals surface area contributed by atoms with Gasteiger partial charge >= 0.3 is 6.09 Å². The van der Waals surface area contributed by atoms with Gasteiger partial charge in [0.2, 0.25) is 5.82 Å². The molecule has 0 saturated carbocycles. The third-order valence-electron chi connectivity index (χ3n) is 4.71. The Morgan fingerprint density at radius 2 is 1.73 bits per heavy atom. The molecule has 2 aromatic heterocycles. The zero-order chi connectivity index (χ0) is 20.9. The molecule has 1 aliphatic heterocycles. The molecule has 1 aromatic carbocycles. The van der Waals surface area contributed by atoms with Gasteiger partial charge in [-0.1, -0.05) is 30.3 Å². The third kappa shape index (κ3) is 4.29. The standard InChI is InChI=1S/C19H22N8O3/c1-2-30-19(29)25-12-10-24(11-13-25)18(28)16-8-9-26(21-16)14-27-22-17(20-23-27)15-6-4-3-5-7-15/h3-9H,2,10-14H2,1H3. The van der Waals surface area contributed by atoms with Crippen LogP contribution < -0.4 is 0 Å². The fourth-order valence-corrected chi connectivity index (χ4v) is 3.16. The highest BCUT2D eigenvalue weighted by atomic mass is 16.6. The number of carbonyl (C=O) groups is 2. The van der Waals surface area contributed by atoms with E-state index in [1.807, 2.05) is 30.3 Å². The molecule has 0 aliphatic carbocycles. The Balaban J connectivity index is 1.35. The fourth-order valence-electron chi connectivity index (χ4n) is 3.16. The zero-order valence-electron chi connectivity index (χ0n) is 16.6. The molecule has 0 unspecified atom stereocenters. The first-order valence-corrected chi connectivity index (χ1v) is 9.71. The zero-order valence-corrected chi connectivity index (χ0v) is 16.6. The number of piperazine rings is 1. The fraction of sp³-hybridized carbons (Fsp3) is 0.368. The van der Waals surface area contributed by atoms with E-state index in [9.17, 15) is 9.59 Å². The third-order valence-corrected chi connectivity index (χ3v) is 4.71. The molecule has 1 aliphatic rings. The van der Waals surface area contributed by atoms with Gasteiger partial charge in [-0.05, 0) is 18.2 Å². The molecule has 156 valence electrons. The molecular weight excluding hydrogens is 388 g/mol. The summed E-state index contributed by atoms with van der Waals surface area (Å²) in [5.41, 5.74) is 1.21. The number of amides is 2. The van der Waals surface area contributed by atoms with Gasteiger partial charge in [0.1, 0.15) is 5.69 Å². The monoisotopic (exact) mass is 410 g/mol. The van der Waals surface area contributed by atoms with Gasteiger partial charge in [0.05, 0.1) is 6.61 Å². The summed E-state index contributed by atoms with van der Waals surface area (Å²) in [5, 5.41) is 16.8. The van der Waals surface area contributed by atoms with Crippen molar-refractivity contribution in [1.29, 1.82) is 0 Å². The van der Waals surface area contributed by atoms with Crippen molar-refractivity contribution in [3.63, 3.8) is 0 Å². The minimum atomic E-state index is -0.343. The van der Waals surface area contributed by atoms with E-state index in [0.717, 1.165) is 5.56 Å². The number of tetrazole rings is 1. The molecule has 1 saturated heterocycles. The molecule has 3 heterocycles. The maximum absolute atomic E-state index is 12.7. The van der Waals surface area contributed by atoms with E-state index in [1.54, 1.807) is 33.7 Å². The first kappa shape index (κ1) is 19.6. The summed E-state index contributed by atoms with van der Waals surface area (Å²) >= 11 is 0. The Kier molecular flexibility index (Phi) is 5.68. The summed E-state index contributed by atoms with van der Waals surface area (Å²) in [6, 6.07) is 11.2. The Labute approximate surface area is 172 Å². The second-order valence-electron chi connectivity index (χ2n) is 6.71. The van der Waals surface area contributed by atoms with Crippen LogP contribution in [0.1, 0.15) is 17.4 Å². The Morgan fingerprint density at radius 1 is 1.00 bits per heavy atom. The van der Waals surface area contributed by atoms with Crippen molar-refractivity contribution in [3.8, 4) is 11.4 Å². The highest BCUT2D eigenvalue weighted by Gasteiger charge is 2.26. The lowest BCUT2D eigenvalue weighted by Crippen LogP contribution is -2.50. The Bertz CT molecular complexity index is 1010. The van der Waals surface area contributed by atoms with E-state index in [4.69, 9.17) is 4.74 Å². The van der Waals surface area contributed by atoms with E-state index >= 15 is 0 Å². The number of hydrogen-bond acceptors (Lipinski definition) is 7. The lowest BCUT2D eigenvalue weighted by molar-refractivity contribution is 0.0565. The van der Waals surface area contributed by atoms with E-state index in [-0.39, 0.29) is 18.7 Å². The molecule has 3 aromatic rings. The van der Waals surface area contributed by atoms with Crippen molar-refractivity contribution in [2.24, 2.45) is 0 Å². The quantitative estimate of drug-likeness (QED) is 0.616. The van der Waals surface area contributed by atoms with Crippen LogP contribution in [0.4, 0.5) is 4.79 Å². The van der Waals surface area contributed by atoms with Gasteiger partial charge in [0.25, 0.3) is 5.91 Å². The molecule has 11 heteroatoms. The number of carbonyl (C=O) groups excluding carboxylic acids is 2. The smallest absolute Gasteiger partial charge is 0.409 e. The first-order valence-electron chi connectivity index (χ1n) is 9.71. The van der Waals surface area contributed by atoms with Crippen LogP contribution in [0, 0.1) is 0 Å². The van der Waals surface area contributed by atoms with Crippen molar-refractivity contribution in [2.75, 3.05) is 32.8 Å². The molecule has 0 atom stereocenters. The maximum atomic E-state index is 12.7. The summed E-state index contributed by atoms with van der Waals surface area (Å²) < 4.78 is 6.58. The van der Waals surface area contributed by atoms with Crippen LogP contribution in [0.3, 0.4) is 0 Å². The number of benzene rings is 1. The largest absolute Gasteiger partial charge is 0.450 e. The molecule has 4 rings (SSSR count). The highest BCUT2D eigenvalue weighted by molar-refractivity contribution is 5.92. The van der Waals surface area contributed by atoms with Gasteiger partial charge in [0.15, 0.2) is 6.67 Å². The van der Waals surface area contributed by atoms with Crippen molar-refractivity contribution >= 4 is 12.0 Å². The maximum Gasteiger partial charge on any atom is 0.409 e. The predicted molar refractivity (Wildman–Crippen MR) is 105 cm³/mol. The number of ether oxygens (including phenoxy) is 1. The van der Waals surface area contributed by atoms with Crippen molar-refractivity contribution in [3.05, 3.63) is 48.3 Å². The predicted octanol–water partition coefficient (Wildman–Crippen LogP) is 0.957. The molecular formula is C19H22N8O3. The van der Waals surface area contributed by atoms with Crippen LogP contribution in [-0.4, -0.2) is 84.6 Å². The summed E-state index contributed by atoms with van der Waals surface area (Å²) in [5.74, 6) is 0.354. The van der Waals surface area contributed by atoms with Gasteiger partial charge < -0.3 is 14.5 Å². The second kappa shape index (κ2) is 8.72. The molecule has 30 heavy (non-hydrogen) atoms. The van der Waals surface area contributed by atoms with Crippen molar-refractivity contribution in [1.82, 2.24) is 39.8 Å². The van der Waals surface area contributed by atoms with E-state index in [1.165, 1.54) is 4.80 Å². The van der Waals surface area contributed by atoms with E-state index in [0.29, 0.717) is 44.3 Å². The molecule has 0 bridgehead atoms. The molecule has 0 N–H and O–H groups in total. The molecule has 11 nitrogen and oxygen atoms in total. The van der Waals surface area contributed by atoms with Gasteiger partial charge in [0, 0.05) is 37.9 Å². The summed E-state index contributed by atoms with van der Waals surface area (Å²) in [6.07, 6.45) is 1.36. The number of aromatic nitrogens is 6. The van der Waals surface area contributed by atoms with Gasteiger partial charge in [-0.3, -0.25) is 4.79 Å². The summed E-state index contributed by atoms with van der Waals surface area (Å²) in [4.78, 5) is 29.2. The molecule has 1 fully saturated rings. The molecule has 2 amide bonds. The van der Waals surface area contributed by atoms with Gasteiger partial charge in [-0.15, -0.1) is 15.0 Å². The number of nitrogens with zero attached hydrogens (tertiary/aromatic N) is 8. The summed E-state index contributed by atoms with van der Waals surface area (Å²) in [7, 11) is 0. The van der Waals surface area contributed by atoms with Crippen molar-refractivity contribution < 1.29 is 14.3 Å². The minimum absolute atomic E-state index is 0.172. The van der Waals surface area contributed by atoms with Gasteiger partial charge in [-0.2, -0.15) is 5.10 Å². The van der Waals surface area contributed by atoms with E-state index in [2.05, 4.69) is 20.5 Å². The minimum Gasteiger partial charge on any atom is -0.450 e. The highest BCUT2D eigenvalue weighted by Crippen LogP contribution is 2.12. The van der Waals surface area contributed by atoms with Crippen LogP contribution in [-0.2, 0) is 11.4 Å². The van der Waals surface area contributed by atoms with Crippen molar-refractivity contribution in [2.45, 2.75) is 13.6 Å². The van der Waals surface area contributed by atoms with Crippen LogP contribution in [0.25, 0.3) is 11.4 Å². The topological polar surface area (TPSA) is 111 Å². The molecule has 0 spiro atoms. The Hall–Kier alpha value is -3.76. The van der Waals surface area contributed by atoms with E-state index < -0.39 is 0 Å². The molecule has 0 radical (unpaired) electrons. The van der Waals surface area contributed by atoms with Crippen LogP contribution in [0.2, 0.25) is 0 Å². The first-order chi connectivity index (χ1) is 14.6. The normalized spacial score (nSPS) is 14.0. The SMILES string of the molecule is CCOC(=O)N1CCN(C(=O)c2ccn(Cn3nnc(-c4ccccc4)n3)n2)CC1. The van der Waals surface area contributed by atoms with Crippen LogP contribution in [0.15, 0.2) is 42.6 Å². The lowest BCUT2D eigenvalue weighted by Gasteiger charge is -2.33. The summed E-state index contributed by atoms with van der Waals surface area (Å²) in [6.45, 7) is 4.11. The number of hydrogen-bond donors (Lipinski definition) is 0. The number of rotatable bonds is 5.